The highest BCUT2D eigenvalue weighted by molar-refractivity contribution is 9.10. The Morgan fingerprint density at radius 3 is 2.57 bits per heavy atom. The smallest absolute Gasteiger partial charge is 0.252 e. The van der Waals surface area contributed by atoms with Crippen molar-refractivity contribution < 1.29 is 13.2 Å². The summed E-state index contributed by atoms with van der Waals surface area (Å²) in [5, 5.41) is 8.10. The van der Waals surface area contributed by atoms with E-state index in [4.69, 9.17) is 16.7 Å². The molecule has 8 heteroatoms. The number of carbonyl (C=O) groups is 1. The molecule has 0 aliphatic heterocycles. The Morgan fingerprint density at radius 2 is 2.10 bits per heavy atom. The van der Waals surface area contributed by atoms with Crippen molar-refractivity contribution in [1.82, 2.24) is 5.32 Å². The van der Waals surface area contributed by atoms with Crippen molar-refractivity contribution in [1.29, 1.82) is 0 Å². The quantitative estimate of drug-likeness (QED) is 0.821. The number of hydrogen-bond acceptors (Lipinski definition) is 3. The fraction of sp³-hybridized carbons (Fsp3) is 0.462. The molecular weight excluding hydrogens is 380 g/mol. The van der Waals surface area contributed by atoms with E-state index in [-0.39, 0.29) is 25.4 Å². The third-order valence-corrected chi connectivity index (χ3v) is 5.99. The predicted octanol–water partition coefficient (Wildman–Crippen LogP) is 2.67. The molecule has 1 aromatic rings. The molecular formula is C13H16BrClN2O3S. The number of carbonyl (C=O) groups excluding carboxylic acids is 1. The van der Waals surface area contributed by atoms with Gasteiger partial charge in [0, 0.05) is 11.0 Å². The summed E-state index contributed by atoms with van der Waals surface area (Å²) in [6, 6.07) is 2.56. The van der Waals surface area contributed by atoms with Crippen LogP contribution in [0.4, 0.5) is 0 Å². The van der Waals surface area contributed by atoms with E-state index in [0.717, 1.165) is 12.8 Å². The molecule has 0 atom stereocenters. The summed E-state index contributed by atoms with van der Waals surface area (Å²) in [6.45, 7) is 2.65. The third kappa shape index (κ3) is 3.77. The summed E-state index contributed by atoms with van der Waals surface area (Å²) in [7, 11) is -3.93. The normalized spacial score (nSPS) is 17.1. The van der Waals surface area contributed by atoms with Crippen LogP contribution >= 0.6 is 27.5 Å². The minimum Gasteiger partial charge on any atom is -0.351 e. The fourth-order valence-corrected chi connectivity index (χ4v) is 4.28. The molecule has 21 heavy (non-hydrogen) atoms. The van der Waals surface area contributed by atoms with Gasteiger partial charge in [0.1, 0.15) is 0 Å². The summed E-state index contributed by atoms with van der Waals surface area (Å²) in [6.07, 6.45) is 3.31. The van der Waals surface area contributed by atoms with Crippen LogP contribution < -0.4 is 10.5 Å². The zero-order valence-electron chi connectivity index (χ0n) is 11.4. The summed E-state index contributed by atoms with van der Waals surface area (Å²) >= 11 is 9.10. The highest BCUT2D eigenvalue weighted by atomic mass is 79.9. The molecule has 1 amide bonds. The molecule has 0 aromatic heterocycles. The minimum atomic E-state index is -3.93. The number of amides is 1. The molecule has 0 unspecified atom stereocenters. The summed E-state index contributed by atoms with van der Waals surface area (Å²) in [4.78, 5) is 12.0. The molecule has 0 spiro atoms. The maximum absolute atomic E-state index is 12.2. The Kier molecular flexibility index (Phi) is 4.68. The molecule has 0 bridgehead atoms. The highest BCUT2D eigenvalue weighted by Crippen LogP contribution is 2.39. The number of rotatable bonds is 4. The van der Waals surface area contributed by atoms with Crippen molar-refractivity contribution in [2.24, 2.45) is 10.6 Å². The van der Waals surface area contributed by atoms with Crippen LogP contribution in [-0.4, -0.2) is 20.9 Å². The van der Waals surface area contributed by atoms with Gasteiger partial charge in [-0.3, -0.25) is 4.79 Å². The van der Waals surface area contributed by atoms with Crippen LogP contribution in [0.25, 0.3) is 0 Å². The molecule has 1 aliphatic rings. The molecule has 116 valence electrons. The van der Waals surface area contributed by atoms with Crippen molar-refractivity contribution in [2.45, 2.75) is 31.1 Å². The Hall–Kier alpha value is -0.630. The second-order valence-electron chi connectivity index (χ2n) is 5.65. The first-order valence-corrected chi connectivity index (χ1v) is 9.14. The average molecular weight is 396 g/mol. The number of hydrogen-bond donors (Lipinski definition) is 2. The summed E-state index contributed by atoms with van der Waals surface area (Å²) in [5.41, 5.74) is 0.229. The molecule has 2 rings (SSSR count). The van der Waals surface area contributed by atoms with E-state index >= 15 is 0 Å². The summed E-state index contributed by atoms with van der Waals surface area (Å²) < 4.78 is 23.2. The van der Waals surface area contributed by atoms with Crippen molar-refractivity contribution >= 4 is 43.5 Å². The molecule has 0 heterocycles. The van der Waals surface area contributed by atoms with Crippen molar-refractivity contribution in [3.63, 3.8) is 0 Å². The van der Waals surface area contributed by atoms with Gasteiger partial charge in [-0.15, -0.1) is 0 Å². The van der Waals surface area contributed by atoms with E-state index in [0.29, 0.717) is 6.54 Å². The molecule has 0 radical (unpaired) electrons. The number of halogens is 2. The molecule has 3 N–H and O–H groups in total. The maximum atomic E-state index is 12.2. The lowest BCUT2D eigenvalue weighted by Gasteiger charge is -2.38. The first kappa shape index (κ1) is 16.7. The first-order chi connectivity index (χ1) is 9.62. The van der Waals surface area contributed by atoms with E-state index in [9.17, 15) is 13.2 Å². The maximum Gasteiger partial charge on any atom is 0.252 e. The third-order valence-electron chi connectivity index (χ3n) is 3.81. The Bertz CT molecular complexity index is 687. The van der Waals surface area contributed by atoms with Crippen LogP contribution in [0, 0.1) is 5.41 Å². The highest BCUT2D eigenvalue weighted by Gasteiger charge is 2.32. The minimum absolute atomic E-state index is 0.104. The van der Waals surface area contributed by atoms with E-state index < -0.39 is 15.9 Å². The number of nitrogens with two attached hydrogens (primary N) is 1. The van der Waals surface area contributed by atoms with Crippen LogP contribution in [0.15, 0.2) is 21.5 Å². The molecule has 0 saturated heterocycles. The zero-order chi connectivity index (χ0) is 15.8. The average Bonchev–Trinajstić information content (AvgIpc) is 2.32. The van der Waals surface area contributed by atoms with E-state index in [1.165, 1.54) is 18.6 Å². The summed E-state index contributed by atoms with van der Waals surface area (Å²) in [5.74, 6) is -0.398. The number of primary sulfonamides is 1. The van der Waals surface area contributed by atoms with Crippen LogP contribution in [0.2, 0.25) is 5.02 Å². The predicted molar refractivity (Wildman–Crippen MR) is 84.8 cm³/mol. The largest absolute Gasteiger partial charge is 0.351 e. The standard InChI is InChI=1S/C13H16BrClN2O3S/c1-13(3-2-4-13)7-17-12(18)8-5-11(21(16,19)20)9(14)6-10(8)15/h5-6H,2-4,7H2,1H3,(H,17,18)(H2,16,19,20). The van der Waals surface area contributed by atoms with Gasteiger partial charge in [-0.2, -0.15) is 0 Å². The number of benzene rings is 1. The van der Waals surface area contributed by atoms with E-state index in [1.54, 1.807) is 0 Å². The van der Waals surface area contributed by atoms with Gasteiger partial charge in [0.2, 0.25) is 10.0 Å². The second kappa shape index (κ2) is 5.87. The van der Waals surface area contributed by atoms with Crippen LogP contribution in [0.3, 0.4) is 0 Å². The van der Waals surface area contributed by atoms with Gasteiger partial charge in [-0.1, -0.05) is 24.9 Å². The second-order valence-corrected chi connectivity index (χ2v) is 8.45. The molecule has 1 fully saturated rings. The van der Waals surface area contributed by atoms with Crippen molar-refractivity contribution in [3.8, 4) is 0 Å². The van der Waals surface area contributed by atoms with Gasteiger partial charge in [-0.05, 0) is 46.3 Å². The van der Waals surface area contributed by atoms with E-state index in [1.807, 2.05) is 0 Å². The van der Waals surface area contributed by atoms with Gasteiger partial charge in [0.15, 0.2) is 0 Å². The molecule has 1 saturated carbocycles. The number of sulfonamides is 1. The Balaban J connectivity index is 2.24. The van der Waals surface area contributed by atoms with E-state index in [2.05, 4.69) is 28.2 Å². The van der Waals surface area contributed by atoms with Crippen molar-refractivity contribution in [2.75, 3.05) is 6.54 Å². The van der Waals surface area contributed by atoms with Crippen LogP contribution in [-0.2, 0) is 10.0 Å². The fourth-order valence-electron chi connectivity index (χ4n) is 2.27. The Labute approximate surface area is 137 Å². The molecule has 5 nitrogen and oxygen atoms in total. The van der Waals surface area contributed by atoms with Crippen molar-refractivity contribution in [3.05, 3.63) is 27.2 Å². The van der Waals surface area contributed by atoms with Gasteiger partial charge in [0.25, 0.3) is 5.91 Å². The van der Waals surface area contributed by atoms with Gasteiger partial charge in [0.05, 0.1) is 15.5 Å². The van der Waals surface area contributed by atoms with Gasteiger partial charge < -0.3 is 5.32 Å². The SMILES string of the molecule is CC1(CNC(=O)c2cc(S(N)(=O)=O)c(Br)cc2Cl)CCC1. The molecule has 1 aromatic carbocycles. The van der Waals surface area contributed by atoms with Crippen LogP contribution in [0.5, 0.6) is 0 Å². The molecule has 1 aliphatic carbocycles. The zero-order valence-corrected chi connectivity index (χ0v) is 14.6. The number of nitrogens with one attached hydrogen (secondary N) is 1. The lowest BCUT2D eigenvalue weighted by Crippen LogP contribution is -2.40. The van der Waals surface area contributed by atoms with Gasteiger partial charge in [-0.25, -0.2) is 13.6 Å². The first-order valence-electron chi connectivity index (χ1n) is 6.42. The monoisotopic (exact) mass is 394 g/mol. The Morgan fingerprint density at radius 1 is 1.48 bits per heavy atom. The topological polar surface area (TPSA) is 89.3 Å². The van der Waals surface area contributed by atoms with Gasteiger partial charge >= 0.3 is 0 Å². The lowest BCUT2D eigenvalue weighted by molar-refractivity contribution is 0.0890. The lowest BCUT2D eigenvalue weighted by atomic mass is 9.70. The van der Waals surface area contributed by atoms with Crippen LogP contribution in [0.1, 0.15) is 36.5 Å².